The van der Waals surface area contributed by atoms with Crippen LogP contribution in [-0.4, -0.2) is 43.4 Å². The Labute approximate surface area is 108 Å². The van der Waals surface area contributed by atoms with Crippen molar-refractivity contribution < 1.29 is 19.4 Å². The minimum absolute atomic E-state index is 0.00257. The van der Waals surface area contributed by atoms with Gasteiger partial charge >= 0.3 is 12.0 Å². The Balaban J connectivity index is 4.14. The number of aliphatic carboxylic acids is 1. The molecule has 106 valence electrons. The Bertz CT molecular complexity index is 279. The fourth-order valence-electron chi connectivity index (χ4n) is 1.15. The molecule has 0 aliphatic rings. The van der Waals surface area contributed by atoms with Gasteiger partial charge in [0.15, 0.2) is 0 Å². The van der Waals surface area contributed by atoms with Crippen LogP contribution in [0.25, 0.3) is 0 Å². The number of carboxylic acids is 1. The Morgan fingerprint density at radius 1 is 1.39 bits per heavy atom. The number of carbonyl (C=O) groups excluding carboxylic acids is 1. The lowest BCUT2D eigenvalue weighted by Crippen LogP contribution is -2.48. The summed E-state index contributed by atoms with van der Waals surface area (Å²) in [5.41, 5.74) is 0.00257. The second-order valence-electron chi connectivity index (χ2n) is 5.02. The van der Waals surface area contributed by atoms with Crippen LogP contribution in [0.15, 0.2) is 0 Å². The first-order valence-electron chi connectivity index (χ1n) is 6.08. The van der Waals surface area contributed by atoms with Gasteiger partial charge in [0.2, 0.25) is 0 Å². The number of nitrogens with one attached hydrogen (secondary N) is 2. The lowest BCUT2D eigenvalue weighted by Gasteiger charge is -2.23. The van der Waals surface area contributed by atoms with E-state index in [1.807, 2.05) is 20.8 Å². The monoisotopic (exact) mass is 260 g/mol. The summed E-state index contributed by atoms with van der Waals surface area (Å²) in [6.45, 7) is 6.90. The highest BCUT2D eigenvalue weighted by Gasteiger charge is 2.21. The van der Waals surface area contributed by atoms with Crippen molar-refractivity contribution in [3.8, 4) is 0 Å². The van der Waals surface area contributed by atoms with E-state index >= 15 is 0 Å². The zero-order valence-electron chi connectivity index (χ0n) is 11.6. The molecule has 3 N–H and O–H groups in total. The first-order valence-corrected chi connectivity index (χ1v) is 6.08. The Morgan fingerprint density at radius 3 is 2.44 bits per heavy atom. The van der Waals surface area contributed by atoms with Gasteiger partial charge in [0.05, 0.1) is 0 Å². The molecule has 0 heterocycles. The van der Waals surface area contributed by atoms with Crippen LogP contribution in [0.3, 0.4) is 0 Å². The summed E-state index contributed by atoms with van der Waals surface area (Å²) < 4.78 is 4.80. The molecule has 0 radical (unpaired) electrons. The van der Waals surface area contributed by atoms with Crippen LogP contribution in [0, 0.1) is 5.41 Å². The number of hydrogen-bond donors (Lipinski definition) is 3. The molecule has 0 fully saturated rings. The first-order chi connectivity index (χ1) is 8.32. The summed E-state index contributed by atoms with van der Waals surface area (Å²) in [5.74, 6) is -1.06. The van der Waals surface area contributed by atoms with E-state index in [2.05, 4.69) is 10.6 Å². The van der Waals surface area contributed by atoms with E-state index in [1.165, 1.54) is 7.11 Å². The molecular weight excluding hydrogens is 236 g/mol. The Kier molecular flexibility index (Phi) is 7.35. The molecule has 6 nitrogen and oxygen atoms in total. The van der Waals surface area contributed by atoms with Gasteiger partial charge in [0, 0.05) is 26.7 Å². The molecule has 0 aliphatic heterocycles. The number of carbonyl (C=O) groups is 2. The number of hydrogen-bond acceptors (Lipinski definition) is 3. The van der Waals surface area contributed by atoms with Crippen LogP contribution in [0.4, 0.5) is 4.79 Å². The molecule has 0 saturated carbocycles. The zero-order chi connectivity index (χ0) is 14.2. The molecular formula is C12H24N2O4. The quantitative estimate of drug-likeness (QED) is 0.612. The lowest BCUT2D eigenvalue weighted by atomic mass is 9.90. The molecule has 0 rings (SSSR count). The van der Waals surface area contributed by atoms with Crippen molar-refractivity contribution in [1.29, 1.82) is 0 Å². The Morgan fingerprint density at radius 2 is 2.00 bits per heavy atom. The molecule has 18 heavy (non-hydrogen) atoms. The number of amides is 2. The smallest absolute Gasteiger partial charge is 0.326 e. The van der Waals surface area contributed by atoms with Crippen molar-refractivity contribution in [2.75, 3.05) is 20.3 Å². The number of methoxy groups -OCH3 is 1. The normalized spacial score (nSPS) is 12.9. The highest BCUT2D eigenvalue weighted by Crippen LogP contribution is 2.17. The maximum Gasteiger partial charge on any atom is 0.326 e. The largest absolute Gasteiger partial charge is 0.480 e. The third-order valence-corrected chi connectivity index (χ3v) is 2.90. The van der Waals surface area contributed by atoms with E-state index in [4.69, 9.17) is 9.84 Å². The van der Waals surface area contributed by atoms with E-state index in [-0.39, 0.29) is 18.4 Å². The van der Waals surface area contributed by atoms with Crippen LogP contribution in [0.1, 0.15) is 33.6 Å². The van der Waals surface area contributed by atoms with Crippen molar-refractivity contribution in [1.82, 2.24) is 10.6 Å². The van der Waals surface area contributed by atoms with Crippen molar-refractivity contribution in [3.63, 3.8) is 0 Å². The molecule has 2 amide bonds. The maximum absolute atomic E-state index is 11.6. The summed E-state index contributed by atoms with van der Waals surface area (Å²) in [6, 6.07) is -1.38. The van der Waals surface area contributed by atoms with Gasteiger partial charge in [-0.25, -0.2) is 9.59 Å². The van der Waals surface area contributed by atoms with Crippen molar-refractivity contribution in [2.45, 2.75) is 39.7 Å². The number of carboxylic acid groups (broad SMARTS) is 1. The fraction of sp³-hybridized carbons (Fsp3) is 0.833. The van der Waals surface area contributed by atoms with E-state index in [9.17, 15) is 9.59 Å². The summed E-state index contributed by atoms with van der Waals surface area (Å²) >= 11 is 0. The molecule has 0 aromatic heterocycles. The van der Waals surface area contributed by atoms with Gasteiger partial charge in [-0.3, -0.25) is 0 Å². The zero-order valence-corrected chi connectivity index (χ0v) is 11.6. The first kappa shape index (κ1) is 16.7. The predicted molar refractivity (Wildman–Crippen MR) is 68.5 cm³/mol. The van der Waals surface area contributed by atoms with Gasteiger partial charge in [-0.2, -0.15) is 0 Å². The van der Waals surface area contributed by atoms with Crippen molar-refractivity contribution in [2.24, 2.45) is 5.41 Å². The molecule has 1 unspecified atom stereocenters. The molecule has 0 aromatic rings. The van der Waals surface area contributed by atoms with Gasteiger partial charge in [-0.15, -0.1) is 0 Å². The fourth-order valence-corrected chi connectivity index (χ4v) is 1.15. The number of rotatable bonds is 8. The number of urea groups is 1. The molecule has 0 bridgehead atoms. The summed E-state index contributed by atoms with van der Waals surface area (Å²) in [5, 5.41) is 14.0. The van der Waals surface area contributed by atoms with Crippen LogP contribution in [0.5, 0.6) is 0 Å². The molecule has 0 aromatic carbocycles. The van der Waals surface area contributed by atoms with Crippen molar-refractivity contribution in [3.05, 3.63) is 0 Å². The molecule has 0 spiro atoms. The predicted octanol–water partition coefficient (Wildman–Crippen LogP) is 1.21. The molecule has 6 heteroatoms. The van der Waals surface area contributed by atoms with E-state index < -0.39 is 18.0 Å². The highest BCUT2D eigenvalue weighted by atomic mass is 16.5. The third-order valence-electron chi connectivity index (χ3n) is 2.90. The maximum atomic E-state index is 11.6. The van der Waals surface area contributed by atoms with E-state index in [0.29, 0.717) is 6.54 Å². The molecule has 1 atom stereocenters. The minimum Gasteiger partial charge on any atom is -0.480 e. The lowest BCUT2D eigenvalue weighted by molar-refractivity contribution is -0.139. The third kappa shape index (κ3) is 7.11. The average molecular weight is 260 g/mol. The van der Waals surface area contributed by atoms with Gasteiger partial charge in [0.1, 0.15) is 6.04 Å². The van der Waals surface area contributed by atoms with E-state index in [0.717, 1.165) is 6.42 Å². The second kappa shape index (κ2) is 7.92. The van der Waals surface area contributed by atoms with Gasteiger partial charge in [-0.1, -0.05) is 20.8 Å². The topological polar surface area (TPSA) is 87.7 Å². The SMILES string of the molecule is CCC(C)(C)CNC(=O)NC(CCOC)C(=O)O. The van der Waals surface area contributed by atoms with Crippen LogP contribution >= 0.6 is 0 Å². The van der Waals surface area contributed by atoms with Gasteiger partial charge < -0.3 is 20.5 Å². The summed E-state index contributed by atoms with van der Waals surface area (Å²) in [6.07, 6.45) is 1.18. The van der Waals surface area contributed by atoms with Gasteiger partial charge in [-0.05, 0) is 11.8 Å². The summed E-state index contributed by atoms with van der Waals surface area (Å²) in [7, 11) is 1.49. The highest BCUT2D eigenvalue weighted by molar-refractivity contribution is 5.82. The van der Waals surface area contributed by atoms with Gasteiger partial charge in [0.25, 0.3) is 0 Å². The van der Waals surface area contributed by atoms with Crippen LogP contribution < -0.4 is 10.6 Å². The van der Waals surface area contributed by atoms with Crippen LogP contribution in [-0.2, 0) is 9.53 Å². The van der Waals surface area contributed by atoms with E-state index in [1.54, 1.807) is 0 Å². The molecule has 0 saturated heterocycles. The Hall–Kier alpha value is -1.30. The molecule has 0 aliphatic carbocycles. The second-order valence-corrected chi connectivity index (χ2v) is 5.02. The minimum atomic E-state index is -1.06. The standard InChI is InChI=1S/C12H24N2O4/c1-5-12(2,3)8-13-11(17)14-9(10(15)16)6-7-18-4/h9H,5-8H2,1-4H3,(H,15,16)(H2,13,14,17). The summed E-state index contributed by atoms with van der Waals surface area (Å²) in [4.78, 5) is 22.5. The number of ether oxygens (including phenoxy) is 1. The van der Waals surface area contributed by atoms with Crippen molar-refractivity contribution >= 4 is 12.0 Å². The van der Waals surface area contributed by atoms with Crippen LogP contribution in [0.2, 0.25) is 0 Å². The average Bonchev–Trinajstić information content (AvgIpc) is 2.31.